The van der Waals surface area contributed by atoms with E-state index in [-0.39, 0.29) is 5.91 Å². The molecule has 1 unspecified atom stereocenters. The van der Waals surface area contributed by atoms with Gasteiger partial charge in [0.05, 0.1) is 5.41 Å². The van der Waals surface area contributed by atoms with E-state index in [1.165, 1.54) is 0 Å². The molecular weight excluding hydrogens is 230 g/mol. The molecule has 0 aromatic heterocycles. The summed E-state index contributed by atoms with van der Waals surface area (Å²) in [5.41, 5.74) is -0.762. The maximum Gasteiger partial charge on any atom is 0.311 e. The fraction of sp³-hybridized carbons (Fsp3) is 0.857. The molecule has 0 aromatic rings. The second-order valence-corrected chi connectivity index (χ2v) is 5.67. The topological polar surface area (TPSA) is 57.6 Å². The summed E-state index contributed by atoms with van der Waals surface area (Å²) in [4.78, 5) is 25.2. The fourth-order valence-electron chi connectivity index (χ4n) is 2.58. The number of nitrogens with zero attached hydrogens (tertiary/aromatic N) is 1. The smallest absolute Gasteiger partial charge is 0.311 e. The third-order valence-corrected chi connectivity index (χ3v) is 4.18. The molecule has 0 aromatic carbocycles. The van der Waals surface area contributed by atoms with Crippen LogP contribution in [0.5, 0.6) is 0 Å². The number of carbonyl (C=O) groups excluding carboxylic acids is 1. The number of carboxylic acid groups (broad SMARTS) is 1. The van der Waals surface area contributed by atoms with Crippen LogP contribution in [0.4, 0.5) is 0 Å². The molecule has 1 aliphatic rings. The number of carboxylic acids is 1. The van der Waals surface area contributed by atoms with E-state index in [2.05, 4.69) is 13.8 Å². The molecule has 104 valence electrons. The summed E-state index contributed by atoms with van der Waals surface area (Å²) < 4.78 is 0. The largest absolute Gasteiger partial charge is 0.481 e. The first-order valence-corrected chi connectivity index (χ1v) is 6.94. The van der Waals surface area contributed by atoms with Crippen LogP contribution in [-0.4, -0.2) is 35.0 Å². The number of likely N-dealkylation sites (tertiary alicyclic amines) is 1. The van der Waals surface area contributed by atoms with Crippen molar-refractivity contribution in [2.75, 3.05) is 13.1 Å². The van der Waals surface area contributed by atoms with Crippen molar-refractivity contribution in [2.45, 2.75) is 52.9 Å². The molecule has 1 heterocycles. The van der Waals surface area contributed by atoms with Crippen molar-refractivity contribution in [3.05, 3.63) is 0 Å². The van der Waals surface area contributed by atoms with Gasteiger partial charge in [0.25, 0.3) is 0 Å². The van der Waals surface area contributed by atoms with E-state index in [4.69, 9.17) is 0 Å². The second kappa shape index (κ2) is 6.21. The minimum absolute atomic E-state index is 0.121. The Morgan fingerprint density at radius 2 is 1.94 bits per heavy atom. The standard InChI is InChI=1S/C14H25NO3/c1-4-11(5-2)9-12(16)15-8-6-7-14(3,10-15)13(17)18/h11H,4-10H2,1-3H3,(H,17,18). The lowest BCUT2D eigenvalue weighted by molar-refractivity contribution is -0.153. The predicted molar refractivity (Wildman–Crippen MR) is 70.2 cm³/mol. The summed E-state index contributed by atoms with van der Waals surface area (Å²) >= 11 is 0. The van der Waals surface area contributed by atoms with Gasteiger partial charge in [0.15, 0.2) is 0 Å². The van der Waals surface area contributed by atoms with Crippen LogP contribution in [0.25, 0.3) is 0 Å². The van der Waals surface area contributed by atoms with Gasteiger partial charge in [-0.1, -0.05) is 26.7 Å². The molecule has 0 aliphatic carbocycles. The second-order valence-electron chi connectivity index (χ2n) is 5.67. The first kappa shape index (κ1) is 15.0. The Kier molecular flexibility index (Phi) is 5.17. The number of hydrogen-bond donors (Lipinski definition) is 1. The molecule has 1 aliphatic heterocycles. The maximum atomic E-state index is 12.2. The first-order valence-electron chi connectivity index (χ1n) is 6.94. The van der Waals surface area contributed by atoms with E-state index in [0.29, 0.717) is 31.8 Å². The summed E-state index contributed by atoms with van der Waals surface area (Å²) in [5, 5.41) is 9.23. The van der Waals surface area contributed by atoms with E-state index in [1.54, 1.807) is 11.8 Å². The molecule has 0 bridgehead atoms. The van der Waals surface area contributed by atoms with Gasteiger partial charge in [-0.2, -0.15) is 0 Å². The number of amides is 1. The lowest BCUT2D eigenvalue weighted by Gasteiger charge is -2.38. The van der Waals surface area contributed by atoms with Gasteiger partial charge in [-0.3, -0.25) is 9.59 Å². The predicted octanol–water partition coefficient (Wildman–Crippen LogP) is 2.53. The van der Waals surface area contributed by atoms with E-state index in [0.717, 1.165) is 19.3 Å². The van der Waals surface area contributed by atoms with Crippen molar-refractivity contribution in [3.8, 4) is 0 Å². The number of carbonyl (C=O) groups is 2. The van der Waals surface area contributed by atoms with Gasteiger partial charge in [-0.05, 0) is 25.7 Å². The molecule has 1 rings (SSSR count). The van der Waals surface area contributed by atoms with Crippen molar-refractivity contribution < 1.29 is 14.7 Å². The molecular formula is C14H25NO3. The third-order valence-electron chi connectivity index (χ3n) is 4.18. The Hall–Kier alpha value is -1.06. The molecule has 1 fully saturated rings. The molecule has 1 amide bonds. The van der Waals surface area contributed by atoms with Gasteiger partial charge in [0.1, 0.15) is 0 Å². The number of aliphatic carboxylic acids is 1. The van der Waals surface area contributed by atoms with Crippen LogP contribution in [0, 0.1) is 11.3 Å². The number of hydrogen-bond acceptors (Lipinski definition) is 2. The van der Waals surface area contributed by atoms with Crippen LogP contribution >= 0.6 is 0 Å². The summed E-state index contributed by atoms with van der Waals surface area (Å²) in [7, 11) is 0. The van der Waals surface area contributed by atoms with Crippen LogP contribution in [0.1, 0.15) is 52.9 Å². The number of piperidine rings is 1. The van der Waals surface area contributed by atoms with Gasteiger partial charge < -0.3 is 10.0 Å². The van der Waals surface area contributed by atoms with Crippen molar-refractivity contribution in [1.82, 2.24) is 4.90 Å². The van der Waals surface area contributed by atoms with Crippen LogP contribution < -0.4 is 0 Å². The van der Waals surface area contributed by atoms with Crippen LogP contribution in [0.2, 0.25) is 0 Å². The fourth-order valence-corrected chi connectivity index (χ4v) is 2.58. The molecule has 18 heavy (non-hydrogen) atoms. The van der Waals surface area contributed by atoms with E-state index in [1.807, 2.05) is 0 Å². The quantitative estimate of drug-likeness (QED) is 0.821. The summed E-state index contributed by atoms with van der Waals surface area (Å²) in [6.45, 7) is 7.01. The third kappa shape index (κ3) is 3.47. The highest BCUT2D eigenvalue weighted by Crippen LogP contribution is 2.30. The highest BCUT2D eigenvalue weighted by molar-refractivity contribution is 5.79. The van der Waals surface area contributed by atoms with Crippen molar-refractivity contribution in [1.29, 1.82) is 0 Å². The monoisotopic (exact) mass is 255 g/mol. The minimum Gasteiger partial charge on any atom is -0.481 e. The number of rotatable bonds is 5. The summed E-state index contributed by atoms with van der Waals surface area (Å²) in [6.07, 6.45) is 4.02. The zero-order chi connectivity index (χ0) is 13.8. The van der Waals surface area contributed by atoms with E-state index < -0.39 is 11.4 Å². The molecule has 0 spiro atoms. The maximum absolute atomic E-state index is 12.2. The van der Waals surface area contributed by atoms with Crippen molar-refractivity contribution in [2.24, 2.45) is 11.3 Å². The van der Waals surface area contributed by atoms with E-state index >= 15 is 0 Å². The molecule has 1 saturated heterocycles. The van der Waals surface area contributed by atoms with Gasteiger partial charge in [-0.25, -0.2) is 0 Å². The Morgan fingerprint density at radius 1 is 1.33 bits per heavy atom. The van der Waals surface area contributed by atoms with Gasteiger partial charge in [-0.15, -0.1) is 0 Å². The zero-order valence-corrected chi connectivity index (χ0v) is 11.7. The van der Waals surface area contributed by atoms with Crippen molar-refractivity contribution >= 4 is 11.9 Å². The Labute approximate surface area is 109 Å². The van der Waals surface area contributed by atoms with Crippen molar-refractivity contribution in [3.63, 3.8) is 0 Å². The molecule has 4 heteroatoms. The normalized spacial score (nSPS) is 24.3. The SMILES string of the molecule is CCC(CC)CC(=O)N1CCCC(C)(C(=O)O)C1. The Morgan fingerprint density at radius 3 is 2.44 bits per heavy atom. The lowest BCUT2D eigenvalue weighted by atomic mass is 9.81. The Bertz CT molecular complexity index is 312. The molecule has 0 saturated carbocycles. The minimum atomic E-state index is -0.789. The first-order chi connectivity index (χ1) is 8.42. The zero-order valence-electron chi connectivity index (χ0n) is 11.7. The molecule has 4 nitrogen and oxygen atoms in total. The average Bonchev–Trinajstić information content (AvgIpc) is 2.35. The van der Waals surface area contributed by atoms with Crippen LogP contribution in [0.15, 0.2) is 0 Å². The van der Waals surface area contributed by atoms with Gasteiger partial charge >= 0.3 is 5.97 Å². The van der Waals surface area contributed by atoms with E-state index in [9.17, 15) is 14.7 Å². The average molecular weight is 255 g/mol. The highest BCUT2D eigenvalue weighted by atomic mass is 16.4. The molecule has 0 radical (unpaired) electrons. The van der Waals surface area contributed by atoms with Crippen LogP contribution in [-0.2, 0) is 9.59 Å². The van der Waals surface area contributed by atoms with Gasteiger partial charge in [0, 0.05) is 19.5 Å². The van der Waals surface area contributed by atoms with Crippen LogP contribution in [0.3, 0.4) is 0 Å². The Balaban J connectivity index is 2.61. The highest BCUT2D eigenvalue weighted by Gasteiger charge is 2.39. The molecule has 1 atom stereocenters. The molecule has 1 N–H and O–H groups in total. The van der Waals surface area contributed by atoms with Gasteiger partial charge in [0.2, 0.25) is 5.91 Å². The summed E-state index contributed by atoms with van der Waals surface area (Å²) in [6, 6.07) is 0. The lowest BCUT2D eigenvalue weighted by Crippen LogP contribution is -2.48. The summed E-state index contributed by atoms with van der Waals surface area (Å²) in [5.74, 6) is -0.242.